The number of anilines is 1. The van der Waals surface area contributed by atoms with Crippen LogP contribution in [0.2, 0.25) is 5.02 Å². The smallest absolute Gasteiger partial charge is 0.287 e. The Morgan fingerprint density at radius 2 is 1.93 bits per heavy atom. The van der Waals surface area contributed by atoms with Crippen molar-refractivity contribution in [1.29, 1.82) is 0 Å². The number of rotatable bonds is 7. The number of ether oxygens (including phenoxy) is 1. The van der Waals surface area contributed by atoms with Crippen molar-refractivity contribution in [2.24, 2.45) is 5.92 Å². The molecule has 1 atom stereocenters. The molecule has 0 bridgehead atoms. The lowest BCUT2D eigenvalue weighted by molar-refractivity contribution is 0.00954. The molecule has 0 radical (unpaired) electrons. The van der Waals surface area contributed by atoms with E-state index in [4.69, 9.17) is 16.3 Å². The van der Waals surface area contributed by atoms with Crippen LogP contribution >= 0.6 is 11.6 Å². The molecule has 2 aromatic rings. The molecule has 3 rings (SSSR count). The Hall–Kier alpha value is -1.89. The van der Waals surface area contributed by atoms with Gasteiger partial charge in [-0.3, -0.25) is 9.69 Å². The first kappa shape index (κ1) is 19.9. The molecule has 1 N–H and O–H groups in total. The molecule has 1 aliphatic rings. The fraction of sp³-hybridized carbons (Fsp3) is 0.500. The van der Waals surface area contributed by atoms with Gasteiger partial charge in [0, 0.05) is 25.7 Å². The van der Waals surface area contributed by atoms with Gasteiger partial charge >= 0.3 is 0 Å². The SMILES string of the molecule is CC(C)C(CNc1cnn(Cc2ccccc2)c(=O)c1Cl)N1CCOCC1. The lowest BCUT2D eigenvalue weighted by Gasteiger charge is -2.37. The molecule has 0 spiro atoms. The van der Waals surface area contributed by atoms with Crippen LogP contribution in [0.4, 0.5) is 5.69 Å². The average molecular weight is 391 g/mol. The van der Waals surface area contributed by atoms with Crippen molar-refractivity contribution in [2.45, 2.75) is 26.4 Å². The maximum Gasteiger partial charge on any atom is 0.287 e. The third-order valence-corrected chi connectivity index (χ3v) is 5.31. The van der Waals surface area contributed by atoms with Crippen molar-refractivity contribution >= 4 is 17.3 Å². The first-order chi connectivity index (χ1) is 13.1. The first-order valence-electron chi connectivity index (χ1n) is 9.41. The van der Waals surface area contributed by atoms with Gasteiger partial charge in [0.15, 0.2) is 0 Å². The summed E-state index contributed by atoms with van der Waals surface area (Å²) in [4.78, 5) is 15.0. The van der Waals surface area contributed by atoms with E-state index < -0.39 is 0 Å². The summed E-state index contributed by atoms with van der Waals surface area (Å²) in [5.41, 5.74) is 1.32. The van der Waals surface area contributed by atoms with Crippen LogP contribution in [0.25, 0.3) is 0 Å². The summed E-state index contributed by atoms with van der Waals surface area (Å²) >= 11 is 6.34. The maximum absolute atomic E-state index is 12.6. The Morgan fingerprint density at radius 3 is 2.59 bits per heavy atom. The van der Waals surface area contributed by atoms with E-state index in [9.17, 15) is 4.79 Å². The second-order valence-electron chi connectivity index (χ2n) is 7.16. The molecule has 0 aliphatic carbocycles. The monoisotopic (exact) mass is 390 g/mol. The van der Waals surface area contributed by atoms with Crippen molar-refractivity contribution < 1.29 is 4.74 Å². The normalized spacial score (nSPS) is 16.4. The highest BCUT2D eigenvalue weighted by Crippen LogP contribution is 2.18. The van der Waals surface area contributed by atoms with Crippen molar-refractivity contribution in [1.82, 2.24) is 14.7 Å². The molecule has 0 amide bonds. The highest BCUT2D eigenvalue weighted by Gasteiger charge is 2.24. The molecule has 146 valence electrons. The molecule has 2 heterocycles. The van der Waals surface area contributed by atoms with Gasteiger partial charge in [0.25, 0.3) is 5.56 Å². The fourth-order valence-corrected chi connectivity index (χ4v) is 3.58. The van der Waals surface area contributed by atoms with Gasteiger partial charge in [0.2, 0.25) is 0 Å². The van der Waals surface area contributed by atoms with E-state index in [2.05, 4.69) is 29.2 Å². The Balaban J connectivity index is 1.69. The van der Waals surface area contributed by atoms with E-state index in [1.165, 1.54) is 4.68 Å². The quantitative estimate of drug-likeness (QED) is 0.787. The number of hydrogen-bond acceptors (Lipinski definition) is 5. The molecule has 6 nitrogen and oxygen atoms in total. The second kappa shape index (κ2) is 9.35. The highest BCUT2D eigenvalue weighted by molar-refractivity contribution is 6.32. The van der Waals surface area contributed by atoms with Gasteiger partial charge in [-0.25, -0.2) is 4.68 Å². The average Bonchev–Trinajstić information content (AvgIpc) is 2.68. The molecule has 1 aromatic heterocycles. The minimum Gasteiger partial charge on any atom is -0.381 e. The van der Waals surface area contributed by atoms with Gasteiger partial charge in [-0.15, -0.1) is 0 Å². The van der Waals surface area contributed by atoms with Crippen LogP contribution in [-0.2, 0) is 11.3 Å². The van der Waals surface area contributed by atoms with Crippen LogP contribution in [0.5, 0.6) is 0 Å². The van der Waals surface area contributed by atoms with Gasteiger partial charge in [-0.2, -0.15) is 5.10 Å². The molecule has 1 saturated heterocycles. The summed E-state index contributed by atoms with van der Waals surface area (Å²) in [5.74, 6) is 0.473. The standard InChI is InChI=1S/C20H27ClN4O2/c1-15(2)18(24-8-10-27-11-9-24)13-22-17-12-23-25(20(26)19(17)21)14-16-6-4-3-5-7-16/h3-7,12,15,18,22H,8-11,13-14H2,1-2H3. The lowest BCUT2D eigenvalue weighted by atomic mass is 10.0. The summed E-state index contributed by atoms with van der Waals surface area (Å²) in [6.45, 7) is 8.91. The van der Waals surface area contributed by atoms with Gasteiger partial charge in [-0.1, -0.05) is 55.8 Å². The lowest BCUT2D eigenvalue weighted by Crippen LogP contribution is -2.49. The van der Waals surface area contributed by atoms with Gasteiger partial charge in [0.1, 0.15) is 5.02 Å². The Bertz CT molecular complexity index is 788. The van der Waals surface area contributed by atoms with Gasteiger partial charge in [-0.05, 0) is 11.5 Å². The molecule has 1 aromatic carbocycles. The summed E-state index contributed by atoms with van der Waals surface area (Å²) in [6, 6.07) is 10.1. The van der Waals surface area contributed by atoms with Crippen molar-refractivity contribution in [3.8, 4) is 0 Å². The topological polar surface area (TPSA) is 59.4 Å². The number of halogens is 1. The number of nitrogens with one attached hydrogen (secondary N) is 1. The number of hydrogen-bond donors (Lipinski definition) is 1. The zero-order valence-electron chi connectivity index (χ0n) is 15.9. The van der Waals surface area contributed by atoms with Crippen LogP contribution in [0.15, 0.2) is 41.3 Å². The van der Waals surface area contributed by atoms with E-state index in [0.717, 1.165) is 31.9 Å². The van der Waals surface area contributed by atoms with Gasteiger partial charge < -0.3 is 10.1 Å². The van der Waals surface area contributed by atoms with Gasteiger partial charge in [0.05, 0.1) is 31.6 Å². The summed E-state index contributed by atoms with van der Waals surface area (Å²) in [6.07, 6.45) is 1.64. The van der Waals surface area contributed by atoms with E-state index in [-0.39, 0.29) is 10.6 Å². The molecular formula is C20H27ClN4O2. The predicted molar refractivity (Wildman–Crippen MR) is 109 cm³/mol. The van der Waals surface area contributed by atoms with Crippen molar-refractivity contribution in [3.63, 3.8) is 0 Å². The first-order valence-corrected chi connectivity index (χ1v) is 9.79. The predicted octanol–water partition coefficient (Wildman–Crippen LogP) is 2.71. The van der Waals surface area contributed by atoms with E-state index in [1.807, 2.05) is 30.3 Å². The maximum atomic E-state index is 12.6. The Kier molecular flexibility index (Phi) is 6.88. The highest BCUT2D eigenvalue weighted by atomic mass is 35.5. The zero-order chi connectivity index (χ0) is 19.2. The second-order valence-corrected chi connectivity index (χ2v) is 7.54. The molecular weight excluding hydrogens is 364 g/mol. The molecule has 27 heavy (non-hydrogen) atoms. The molecule has 1 aliphatic heterocycles. The van der Waals surface area contributed by atoms with Crippen LogP contribution in [-0.4, -0.2) is 53.6 Å². The Morgan fingerprint density at radius 1 is 1.22 bits per heavy atom. The third-order valence-electron chi connectivity index (χ3n) is 4.95. The summed E-state index contributed by atoms with van der Waals surface area (Å²) in [7, 11) is 0. The number of aromatic nitrogens is 2. The van der Waals surface area contributed by atoms with E-state index in [1.54, 1.807) is 6.20 Å². The minimum atomic E-state index is -0.280. The molecule has 1 unspecified atom stereocenters. The van der Waals surface area contributed by atoms with E-state index in [0.29, 0.717) is 30.7 Å². The summed E-state index contributed by atoms with van der Waals surface area (Å²) < 4.78 is 6.85. The van der Waals surface area contributed by atoms with Crippen molar-refractivity contribution in [2.75, 3.05) is 38.2 Å². The van der Waals surface area contributed by atoms with Crippen LogP contribution in [0.3, 0.4) is 0 Å². The Labute approximate surface area is 165 Å². The fourth-order valence-electron chi connectivity index (χ4n) is 3.37. The summed E-state index contributed by atoms with van der Waals surface area (Å²) in [5, 5.41) is 7.81. The van der Waals surface area contributed by atoms with Crippen molar-refractivity contribution in [3.05, 3.63) is 57.5 Å². The molecule has 0 saturated carbocycles. The third kappa shape index (κ3) is 5.09. The largest absolute Gasteiger partial charge is 0.381 e. The number of benzene rings is 1. The zero-order valence-corrected chi connectivity index (χ0v) is 16.7. The van der Waals surface area contributed by atoms with Crippen LogP contribution in [0.1, 0.15) is 19.4 Å². The minimum absolute atomic E-state index is 0.186. The van der Waals surface area contributed by atoms with E-state index >= 15 is 0 Å². The molecule has 7 heteroatoms. The number of morpholine rings is 1. The van der Waals surface area contributed by atoms with Crippen LogP contribution < -0.4 is 10.9 Å². The van der Waals surface area contributed by atoms with Crippen LogP contribution in [0, 0.1) is 5.92 Å². The number of nitrogens with zero attached hydrogens (tertiary/aromatic N) is 3. The molecule has 1 fully saturated rings.